The average Bonchev–Trinajstić information content (AvgIpc) is 2.46. The number of nitrogen functional groups attached to an aromatic ring is 1. The summed E-state index contributed by atoms with van der Waals surface area (Å²) >= 11 is 0. The summed E-state index contributed by atoms with van der Waals surface area (Å²) in [6.45, 7) is 3.73. The van der Waals surface area contributed by atoms with Gasteiger partial charge in [-0.3, -0.25) is 0 Å². The van der Waals surface area contributed by atoms with Crippen molar-refractivity contribution in [3.63, 3.8) is 0 Å². The van der Waals surface area contributed by atoms with E-state index in [1.54, 1.807) is 38.1 Å². The molecule has 2 N–H and O–H groups in total. The second-order valence-corrected chi connectivity index (χ2v) is 4.05. The standard InChI is InChI=1S/C16H19NO4/c1-3-20-15(18)14(16(19)21-4-2)7-5-6-12-8-10-13(17)11-9-12/h5-11H,3-4,17H2,1-2H3/b6-5+. The molecule has 0 spiro atoms. The van der Waals surface area contributed by atoms with E-state index in [9.17, 15) is 9.59 Å². The smallest absolute Gasteiger partial charge is 0.345 e. The van der Waals surface area contributed by atoms with E-state index in [-0.39, 0.29) is 18.8 Å². The van der Waals surface area contributed by atoms with Crippen molar-refractivity contribution >= 4 is 23.7 Å². The first kappa shape index (κ1) is 16.5. The molecule has 1 rings (SSSR count). The summed E-state index contributed by atoms with van der Waals surface area (Å²) in [5.74, 6) is -1.39. The minimum absolute atomic E-state index is 0.134. The number of carbonyl (C=O) groups excluding carboxylic acids is 2. The maximum Gasteiger partial charge on any atom is 0.345 e. The topological polar surface area (TPSA) is 78.6 Å². The highest BCUT2D eigenvalue weighted by molar-refractivity contribution is 6.14. The van der Waals surface area contributed by atoms with Gasteiger partial charge in [0.05, 0.1) is 13.2 Å². The molecule has 0 aromatic heterocycles. The van der Waals surface area contributed by atoms with Gasteiger partial charge in [-0.15, -0.1) is 0 Å². The van der Waals surface area contributed by atoms with Gasteiger partial charge >= 0.3 is 11.9 Å². The molecule has 0 amide bonds. The predicted molar refractivity (Wildman–Crippen MR) is 81.2 cm³/mol. The average molecular weight is 289 g/mol. The molecule has 0 heterocycles. The Balaban J connectivity index is 2.88. The predicted octanol–water partition coefficient (Wildman–Crippen LogP) is 2.33. The quantitative estimate of drug-likeness (QED) is 0.217. The normalized spacial score (nSPS) is 10.2. The SMILES string of the molecule is CCOC(=O)C(=C/C=C/c1ccc(N)cc1)C(=O)OCC. The van der Waals surface area contributed by atoms with Gasteiger partial charge in [0, 0.05) is 5.69 Å². The van der Waals surface area contributed by atoms with Crippen LogP contribution in [0.2, 0.25) is 0 Å². The monoisotopic (exact) mass is 289 g/mol. The fraction of sp³-hybridized carbons (Fsp3) is 0.250. The van der Waals surface area contributed by atoms with Gasteiger partial charge in [-0.2, -0.15) is 0 Å². The number of esters is 2. The number of nitrogens with two attached hydrogens (primary N) is 1. The van der Waals surface area contributed by atoms with E-state index in [0.29, 0.717) is 5.69 Å². The molecule has 0 bridgehead atoms. The third kappa shape index (κ3) is 5.52. The third-order valence-corrected chi connectivity index (χ3v) is 2.48. The molecule has 1 aromatic carbocycles. The van der Waals surface area contributed by atoms with E-state index in [2.05, 4.69) is 0 Å². The van der Waals surface area contributed by atoms with Crippen LogP contribution < -0.4 is 5.73 Å². The van der Waals surface area contributed by atoms with Crippen molar-refractivity contribution in [3.05, 3.63) is 47.6 Å². The third-order valence-electron chi connectivity index (χ3n) is 2.48. The van der Waals surface area contributed by atoms with Crippen LogP contribution in [0.15, 0.2) is 42.0 Å². The second-order valence-electron chi connectivity index (χ2n) is 4.05. The Labute approximate surface area is 124 Å². The number of rotatable bonds is 6. The molecule has 5 nitrogen and oxygen atoms in total. The molecule has 0 aliphatic rings. The van der Waals surface area contributed by atoms with Crippen molar-refractivity contribution in [1.82, 2.24) is 0 Å². The molecule has 21 heavy (non-hydrogen) atoms. The first-order chi connectivity index (χ1) is 10.1. The molecule has 0 atom stereocenters. The van der Waals surface area contributed by atoms with Gasteiger partial charge < -0.3 is 15.2 Å². The number of hydrogen-bond donors (Lipinski definition) is 1. The lowest BCUT2D eigenvalue weighted by Gasteiger charge is -2.05. The fourth-order valence-electron chi connectivity index (χ4n) is 1.50. The minimum atomic E-state index is -0.696. The van der Waals surface area contributed by atoms with Crippen LogP contribution in [0.3, 0.4) is 0 Å². The summed E-state index contributed by atoms with van der Waals surface area (Å²) < 4.78 is 9.66. The first-order valence-electron chi connectivity index (χ1n) is 6.66. The van der Waals surface area contributed by atoms with E-state index in [4.69, 9.17) is 15.2 Å². The Morgan fingerprint density at radius 3 is 2.05 bits per heavy atom. The Morgan fingerprint density at radius 2 is 1.57 bits per heavy atom. The van der Waals surface area contributed by atoms with Gasteiger partial charge in [-0.05, 0) is 37.6 Å². The summed E-state index contributed by atoms with van der Waals surface area (Å²) in [7, 11) is 0. The molecule has 112 valence electrons. The second kappa shape index (κ2) is 8.58. The zero-order valence-electron chi connectivity index (χ0n) is 12.2. The van der Waals surface area contributed by atoms with Crippen molar-refractivity contribution in [3.8, 4) is 0 Å². The summed E-state index contributed by atoms with van der Waals surface area (Å²) in [4.78, 5) is 23.4. The maximum atomic E-state index is 11.7. The van der Waals surface area contributed by atoms with Crippen LogP contribution in [-0.2, 0) is 19.1 Å². The number of carbonyl (C=O) groups is 2. The molecule has 0 unspecified atom stereocenters. The highest BCUT2D eigenvalue weighted by atomic mass is 16.6. The van der Waals surface area contributed by atoms with Gasteiger partial charge in [0.15, 0.2) is 0 Å². The number of ether oxygens (including phenoxy) is 2. The van der Waals surface area contributed by atoms with Crippen LogP contribution >= 0.6 is 0 Å². The van der Waals surface area contributed by atoms with Crippen LogP contribution in [-0.4, -0.2) is 25.2 Å². The van der Waals surface area contributed by atoms with E-state index in [1.807, 2.05) is 12.1 Å². The number of benzene rings is 1. The number of hydrogen-bond acceptors (Lipinski definition) is 5. The van der Waals surface area contributed by atoms with Crippen LogP contribution in [0.5, 0.6) is 0 Å². The van der Waals surface area contributed by atoms with Crippen molar-refractivity contribution in [2.45, 2.75) is 13.8 Å². The largest absolute Gasteiger partial charge is 0.462 e. The van der Waals surface area contributed by atoms with Crippen molar-refractivity contribution in [2.24, 2.45) is 0 Å². The molecule has 0 aliphatic heterocycles. The number of allylic oxidation sites excluding steroid dienone is 2. The Hall–Kier alpha value is -2.56. The van der Waals surface area contributed by atoms with Gasteiger partial charge in [0.1, 0.15) is 5.57 Å². The zero-order chi connectivity index (χ0) is 15.7. The summed E-state index contributed by atoms with van der Waals surface area (Å²) in [6, 6.07) is 7.18. The zero-order valence-corrected chi connectivity index (χ0v) is 12.2. The van der Waals surface area contributed by atoms with Gasteiger partial charge in [0.2, 0.25) is 0 Å². The number of anilines is 1. The highest BCUT2D eigenvalue weighted by Gasteiger charge is 2.19. The molecular weight excluding hydrogens is 270 g/mol. The van der Waals surface area contributed by atoms with Crippen LogP contribution in [0.25, 0.3) is 6.08 Å². The Kier molecular flexibility index (Phi) is 6.74. The molecule has 0 aliphatic carbocycles. The van der Waals surface area contributed by atoms with E-state index >= 15 is 0 Å². The maximum absolute atomic E-state index is 11.7. The van der Waals surface area contributed by atoms with Crippen molar-refractivity contribution in [2.75, 3.05) is 18.9 Å². The minimum Gasteiger partial charge on any atom is -0.462 e. The Bertz CT molecular complexity index is 524. The lowest BCUT2D eigenvalue weighted by Crippen LogP contribution is -2.18. The van der Waals surface area contributed by atoms with E-state index < -0.39 is 11.9 Å². The summed E-state index contributed by atoms with van der Waals surface area (Å²) in [5, 5.41) is 0. The molecule has 5 heteroatoms. The fourth-order valence-corrected chi connectivity index (χ4v) is 1.50. The molecule has 0 saturated heterocycles. The molecule has 0 radical (unpaired) electrons. The summed E-state index contributed by atoms with van der Waals surface area (Å²) in [6.07, 6.45) is 4.72. The van der Waals surface area contributed by atoms with Gasteiger partial charge in [-0.1, -0.05) is 24.3 Å². The molecule has 1 aromatic rings. The van der Waals surface area contributed by atoms with Crippen molar-refractivity contribution in [1.29, 1.82) is 0 Å². The van der Waals surface area contributed by atoms with Crippen LogP contribution in [0.4, 0.5) is 5.69 Å². The Morgan fingerprint density at radius 1 is 1.05 bits per heavy atom. The highest BCUT2D eigenvalue weighted by Crippen LogP contribution is 2.08. The van der Waals surface area contributed by atoms with Crippen molar-refractivity contribution < 1.29 is 19.1 Å². The lowest BCUT2D eigenvalue weighted by atomic mass is 10.1. The summed E-state index contributed by atoms with van der Waals surface area (Å²) in [5.41, 5.74) is 7.02. The van der Waals surface area contributed by atoms with Gasteiger partial charge in [-0.25, -0.2) is 9.59 Å². The van der Waals surface area contributed by atoms with E-state index in [0.717, 1.165) is 5.56 Å². The van der Waals surface area contributed by atoms with Crippen LogP contribution in [0, 0.1) is 0 Å². The van der Waals surface area contributed by atoms with Gasteiger partial charge in [0.25, 0.3) is 0 Å². The molecule has 0 fully saturated rings. The van der Waals surface area contributed by atoms with Crippen LogP contribution in [0.1, 0.15) is 19.4 Å². The molecule has 0 saturated carbocycles. The first-order valence-corrected chi connectivity index (χ1v) is 6.66. The lowest BCUT2D eigenvalue weighted by molar-refractivity contribution is -0.146. The van der Waals surface area contributed by atoms with E-state index in [1.165, 1.54) is 6.08 Å². The molecular formula is C16H19NO4.